The van der Waals surface area contributed by atoms with Gasteiger partial charge in [-0.2, -0.15) is 0 Å². The average Bonchev–Trinajstić information content (AvgIpc) is 2.10. The average molecular weight is 208 g/mol. The van der Waals surface area contributed by atoms with Gasteiger partial charge in [-0.3, -0.25) is 0 Å². The van der Waals surface area contributed by atoms with E-state index in [0.29, 0.717) is 0 Å². The van der Waals surface area contributed by atoms with E-state index in [0.717, 1.165) is 0 Å². The first kappa shape index (κ1) is 15.7. The van der Waals surface area contributed by atoms with Gasteiger partial charge in [-0.15, -0.1) is 0 Å². The molecule has 0 saturated carbocycles. The van der Waals surface area contributed by atoms with Crippen molar-refractivity contribution in [3.05, 3.63) is 0 Å². The summed E-state index contributed by atoms with van der Waals surface area (Å²) in [4.78, 5) is 0. The standard InChI is InChI=1S/C11H25N.ClH/c1-3-5-7-9-11-12-10-8-6-4-2;/h12H,3-11H2,1-2H3;1H. The number of unbranched alkanes of at least 4 members (excludes halogenated alkanes) is 5. The summed E-state index contributed by atoms with van der Waals surface area (Å²) in [6.07, 6.45) is 9.79. The summed E-state index contributed by atoms with van der Waals surface area (Å²) in [5.74, 6) is 0. The Morgan fingerprint density at radius 3 is 1.69 bits per heavy atom. The summed E-state index contributed by atoms with van der Waals surface area (Å²) >= 11 is 0. The zero-order valence-electron chi connectivity index (χ0n) is 9.32. The Hall–Kier alpha value is 0.250. The Bertz CT molecular complexity index is 66.5. The van der Waals surface area contributed by atoms with Crippen molar-refractivity contribution in [2.75, 3.05) is 13.1 Å². The van der Waals surface area contributed by atoms with Crippen LogP contribution in [0.5, 0.6) is 0 Å². The van der Waals surface area contributed by atoms with Crippen LogP contribution in [-0.4, -0.2) is 13.1 Å². The molecule has 0 atom stereocenters. The fourth-order valence-electron chi connectivity index (χ4n) is 1.40. The second kappa shape index (κ2) is 14.8. The molecule has 82 valence electrons. The Morgan fingerprint density at radius 1 is 0.692 bits per heavy atom. The Balaban J connectivity index is 0. The van der Waals surface area contributed by atoms with Crippen molar-refractivity contribution in [1.82, 2.24) is 0 Å². The Kier molecular flexibility index (Phi) is 17.8. The van der Waals surface area contributed by atoms with Gasteiger partial charge in [0.15, 0.2) is 0 Å². The lowest BCUT2D eigenvalue weighted by atomic mass is 10.2. The van der Waals surface area contributed by atoms with Gasteiger partial charge in [-0.1, -0.05) is 33.1 Å². The first-order valence-corrected chi connectivity index (χ1v) is 5.73. The van der Waals surface area contributed by atoms with Crippen LogP contribution in [0.1, 0.15) is 58.8 Å². The van der Waals surface area contributed by atoms with E-state index in [9.17, 15) is 0 Å². The molecular formula is C11H26ClN. The van der Waals surface area contributed by atoms with E-state index in [1.165, 1.54) is 58.0 Å². The molecule has 2 heteroatoms. The van der Waals surface area contributed by atoms with Crippen molar-refractivity contribution >= 4 is 0 Å². The first-order chi connectivity index (χ1) is 5.91. The van der Waals surface area contributed by atoms with Crippen LogP contribution in [0.25, 0.3) is 0 Å². The molecule has 13 heavy (non-hydrogen) atoms. The van der Waals surface area contributed by atoms with E-state index in [2.05, 4.69) is 19.2 Å². The largest absolute Gasteiger partial charge is 1.00 e. The monoisotopic (exact) mass is 207 g/mol. The lowest BCUT2D eigenvalue weighted by Gasteiger charge is -2.00. The van der Waals surface area contributed by atoms with Gasteiger partial charge in [0.1, 0.15) is 0 Å². The van der Waals surface area contributed by atoms with Gasteiger partial charge >= 0.3 is 0 Å². The van der Waals surface area contributed by atoms with Gasteiger partial charge in [0.2, 0.25) is 0 Å². The van der Waals surface area contributed by atoms with E-state index >= 15 is 0 Å². The fourth-order valence-corrected chi connectivity index (χ4v) is 1.40. The molecule has 0 aromatic rings. The van der Waals surface area contributed by atoms with Crippen LogP contribution in [0.3, 0.4) is 0 Å². The minimum Gasteiger partial charge on any atom is -1.00 e. The van der Waals surface area contributed by atoms with Gasteiger partial charge in [0.25, 0.3) is 0 Å². The van der Waals surface area contributed by atoms with Crippen molar-refractivity contribution in [1.29, 1.82) is 0 Å². The van der Waals surface area contributed by atoms with E-state index in [4.69, 9.17) is 0 Å². The topological polar surface area (TPSA) is 16.6 Å². The second-order valence-electron chi connectivity index (χ2n) is 3.63. The lowest BCUT2D eigenvalue weighted by molar-refractivity contribution is -0.655. The van der Waals surface area contributed by atoms with E-state index < -0.39 is 0 Å². The molecule has 0 unspecified atom stereocenters. The van der Waals surface area contributed by atoms with Crippen LogP contribution in [0.15, 0.2) is 0 Å². The van der Waals surface area contributed by atoms with Crippen LogP contribution < -0.4 is 17.7 Å². The molecule has 0 saturated heterocycles. The van der Waals surface area contributed by atoms with Crippen LogP contribution >= 0.6 is 0 Å². The molecule has 0 rings (SSSR count). The van der Waals surface area contributed by atoms with Crippen LogP contribution in [0.2, 0.25) is 0 Å². The third kappa shape index (κ3) is 15.0. The van der Waals surface area contributed by atoms with Crippen molar-refractivity contribution in [3.8, 4) is 0 Å². The number of halogens is 1. The molecule has 0 aliphatic heterocycles. The smallest absolute Gasteiger partial charge is 0.0755 e. The van der Waals surface area contributed by atoms with E-state index in [1.54, 1.807) is 0 Å². The molecule has 0 aliphatic carbocycles. The molecule has 0 fully saturated rings. The molecule has 0 aromatic heterocycles. The zero-order chi connectivity index (χ0) is 9.07. The molecule has 0 aliphatic rings. The minimum absolute atomic E-state index is 0. The third-order valence-electron chi connectivity index (χ3n) is 2.27. The van der Waals surface area contributed by atoms with Crippen LogP contribution in [0, 0.1) is 0 Å². The Morgan fingerprint density at radius 2 is 1.15 bits per heavy atom. The summed E-state index contributed by atoms with van der Waals surface area (Å²) in [6, 6.07) is 0. The number of hydrogen-bond donors (Lipinski definition) is 1. The minimum atomic E-state index is 0. The maximum atomic E-state index is 2.48. The summed E-state index contributed by atoms with van der Waals surface area (Å²) in [6.45, 7) is 7.23. The number of quaternary nitrogens is 1. The highest BCUT2D eigenvalue weighted by Gasteiger charge is 1.91. The molecule has 0 aromatic carbocycles. The quantitative estimate of drug-likeness (QED) is 0.483. The van der Waals surface area contributed by atoms with Gasteiger partial charge in [-0.05, 0) is 25.7 Å². The molecule has 0 heterocycles. The van der Waals surface area contributed by atoms with Gasteiger partial charge in [0, 0.05) is 0 Å². The maximum absolute atomic E-state index is 2.48. The maximum Gasteiger partial charge on any atom is 0.0755 e. The van der Waals surface area contributed by atoms with E-state index in [1.807, 2.05) is 0 Å². The third-order valence-corrected chi connectivity index (χ3v) is 2.27. The molecule has 0 amide bonds. The van der Waals surface area contributed by atoms with Gasteiger partial charge in [-0.25, -0.2) is 0 Å². The first-order valence-electron chi connectivity index (χ1n) is 5.73. The summed E-state index contributed by atoms with van der Waals surface area (Å²) in [7, 11) is 0. The van der Waals surface area contributed by atoms with Crippen LogP contribution in [0.4, 0.5) is 0 Å². The fraction of sp³-hybridized carbons (Fsp3) is 1.00. The predicted molar refractivity (Wildman–Crippen MR) is 55.3 cm³/mol. The Labute approximate surface area is 90.1 Å². The highest BCUT2D eigenvalue weighted by atomic mass is 35.5. The van der Waals surface area contributed by atoms with Gasteiger partial charge in [0.05, 0.1) is 13.1 Å². The molecule has 0 spiro atoms. The number of hydrogen-bond acceptors (Lipinski definition) is 0. The van der Waals surface area contributed by atoms with Crippen molar-refractivity contribution < 1.29 is 17.7 Å². The highest BCUT2D eigenvalue weighted by molar-refractivity contribution is 4.37. The molecule has 0 radical (unpaired) electrons. The SMILES string of the molecule is CCCCCC[NH2+]CCCCC.[Cl-]. The van der Waals surface area contributed by atoms with E-state index in [-0.39, 0.29) is 12.4 Å². The van der Waals surface area contributed by atoms with Gasteiger partial charge < -0.3 is 17.7 Å². The van der Waals surface area contributed by atoms with Crippen LogP contribution in [-0.2, 0) is 0 Å². The second-order valence-corrected chi connectivity index (χ2v) is 3.63. The molecular weight excluding hydrogens is 182 g/mol. The normalized spacial score (nSPS) is 9.69. The summed E-state index contributed by atoms with van der Waals surface area (Å²) in [5.41, 5.74) is 0. The lowest BCUT2D eigenvalue weighted by Crippen LogP contribution is -3.00. The molecule has 2 N–H and O–H groups in total. The highest BCUT2D eigenvalue weighted by Crippen LogP contribution is 1.95. The molecule has 1 nitrogen and oxygen atoms in total. The van der Waals surface area contributed by atoms with Crippen molar-refractivity contribution in [2.24, 2.45) is 0 Å². The predicted octanol–water partition coefficient (Wildman–Crippen LogP) is -0.676. The number of nitrogens with two attached hydrogens (primary N) is 1. The summed E-state index contributed by atoms with van der Waals surface area (Å²) < 4.78 is 0. The zero-order valence-corrected chi connectivity index (χ0v) is 10.1. The van der Waals surface area contributed by atoms with Crippen molar-refractivity contribution in [3.63, 3.8) is 0 Å². The molecule has 0 bridgehead atoms. The number of rotatable bonds is 9. The summed E-state index contributed by atoms with van der Waals surface area (Å²) in [5, 5.41) is 2.48. The van der Waals surface area contributed by atoms with Crippen molar-refractivity contribution in [2.45, 2.75) is 58.8 Å².